The Labute approximate surface area is 159 Å². The molecule has 0 aliphatic heterocycles. The number of rotatable bonds is 10. The first kappa shape index (κ1) is 20.7. The highest BCUT2D eigenvalue weighted by Crippen LogP contribution is 2.34. The first-order chi connectivity index (χ1) is 12.5. The molecule has 0 radical (unpaired) electrons. The van der Waals surface area contributed by atoms with Crippen LogP contribution in [0.2, 0.25) is 0 Å². The van der Waals surface area contributed by atoms with Gasteiger partial charge in [0.1, 0.15) is 5.60 Å². The zero-order valence-corrected chi connectivity index (χ0v) is 16.9. The molecule has 2 aromatic rings. The van der Waals surface area contributed by atoms with Gasteiger partial charge in [-0.25, -0.2) is 0 Å². The minimum Gasteiger partial charge on any atom is -0.380 e. The second kappa shape index (κ2) is 9.89. The molecule has 2 heteroatoms. The number of benzene rings is 2. The molecule has 0 bridgehead atoms. The van der Waals surface area contributed by atoms with E-state index in [4.69, 9.17) is 0 Å². The van der Waals surface area contributed by atoms with Crippen LogP contribution in [0.15, 0.2) is 60.7 Å². The predicted octanol–water partition coefficient (Wildman–Crippen LogP) is 5.60. The van der Waals surface area contributed by atoms with Gasteiger partial charge in [-0.15, -0.1) is 0 Å². The molecule has 0 amide bonds. The topological polar surface area (TPSA) is 23.5 Å². The van der Waals surface area contributed by atoms with E-state index >= 15 is 0 Å². The maximum Gasteiger partial charge on any atom is 0.115 e. The van der Waals surface area contributed by atoms with E-state index in [2.05, 4.69) is 32.6 Å². The second-order valence-corrected chi connectivity index (χ2v) is 7.45. The third-order valence-corrected chi connectivity index (χ3v) is 5.77. The minimum atomic E-state index is -0.931. The molecular weight excluding hydrogens is 318 g/mol. The van der Waals surface area contributed by atoms with Gasteiger partial charge >= 0.3 is 0 Å². The van der Waals surface area contributed by atoms with Crippen molar-refractivity contribution >= 4 is 0 Å². The molecule has 0 saturated heterocycles. The molecule has 142 valence electrons. The molecule has 26 heavy (non-hydrogen) atoms. The van der Waals surface area contributed by atoms with E-state index in [1.54, 1.807) is 0 Å². The first-order valence-corrected chi connectivity index (χ1v) is 10.1. The van der Waals surface area contributed by atoms with Crippen LogP contribution in [0, 0.1) is 0 Å². The van der Waals surface area contributed by atoms with Gasteiger partial charge in [0.05, 0.1) is 0 Å². The maximum absolute atomic E-state index is 11.6. The van der Waals surface area contributed by atoms with Crippen molar-refractivity contribution in [3.05, 3.63) is 71.8 Å². The lowest BCUT2D eigenvalue weighted by atomic mass is 9.82. The summed E-state index contributed by atoms with van der Waals surface area (Å²) in [6.07, 6.45) is 4.01. The highest BCUT2D eigenvalue weighted by atomic mass is 16.3. The van der Waals surface area contributed by atoms with Gasteiger partial charge < -0.3 is 5.11 Å². The van der Waals surface area contributed by atoms with Gasteiger partial charge in [-0.1, -0.05) is 74.5 Å². The standard InChI is InChI=1S/C24H35NO/c1-5-20(3)25(21(4)6-2)19-13-18-24(26,22-14-9-7-10-15-22)23-16-11-8-12-17-23/h7-12,14-17,20-21,26H,5-6,13,18-19H2,1-4H3. The Bertz CT molecular complexity index is 576. The van der Waals surface area contributed by atoms with Crippen molar-refractivity contribution in [2.45, 2.75) is 71.1 Å². The van der Waals surface area contributed by atoms with Crippen LogP contribution >= 0.6 is 0 Å². The summed E-state index contributed by atoms with van der Waals surface area (Å²) in [5.41, 5.74) is 1.02. The fourth-order valence-corrected chi connectivity index (χ4v) is 3.74. The van der Waals surface area contributed by atoms with Crippen LogP contribution in [0.25, 0.3) is 0 Å². The van der Waals surface area contributed by atoms with Gasteiger partial charge in [-0.2, -0.15) is 0 Å². The van der Waals surface area contributed by atoms with Crippen molar-refractivity contribution in [1.82, 2.24) is 4.90 Å². The van der Waals surface area contributed by atoms with Crippen molar-refractivity contribution in [3.63, 3.8) is 0 Å². The zero-order valence-electron chi connectivity index (χ0n) is 16.9. The predicted molar refractivity (Wildman–Crippen MR) is 111 cm³/mol. The highest BCUT2D eigenvalue weighted by molar-refractivity contribution is 5.35. The summed E-state index contributed by atoms with van der Waals surface area (Å²) < 4.78 is 0. The third-order valence-electron chi connectivity index (χ3n) is 5.77. The monoisotopic (exact) mass is 353 g/mol. The molecule has 0 aromatic heterocycles. The van der Waals surface area contributed by atoms with Crippen LogP contribution in [0.4, 0.5) is 0 Å². The average molecular weight is 354 g/mol. The normalized spacial score (nSPS) is 14.4. The number of hydrogen-bond donors (Lipinski definition) is 1. The van der Waals surface area contributed by atoms with Crippen LogP contribution in [0.3, 0.4) is 0 Å². The summed E-state index contributed by atoms with van der Waals surface area (Å²) >= 11 is 0. The fraction of sp³-hybridized carbons (Fsp3) is 0.500. The molecule has 0 heterocycles. The molecule has 0 spiro atoms. The quantitative estimate of drug-likeness (QED) is 0.601. The molecular formula is C24H35NO. The fourth-order valence-electron chi connectivity index (χ4n) is 3.74. The smallest absolute Gasteiger partial charge is 0.115 e. The van der Waals surface area contributed by atoms with Gasteiger partial charge in [-0.05, 0) is 57.2 Å². The average Bonchev–Trinajstić information content (AvgIpc) is 2.71. The summed E-state index contributed by atoms with van der Waals surface area (Å²) in [5.74, 6) is 0. The van der Waals surface area contributed by atoms with Crippen LogP contribution in [-0.4, -0.2) is 28.6 Å². The molecule has 2 atom stereocenters. The lowest BCUT2D eigenvalue weighted by molar-refractivity contribution is 0.0584. The lowest BCUT2D eigenvalue weighted by Gasteiger charge is -2.35. The van der Waals surface area contributed by atoms with E-state index in [-0.39, 0.29) is 0 Å². The van der Waals surface area contributed by atoms with Crippen molar-refractivity contribution in [2.24, 2.45) is 0 Å². The number of aliphatic hydroxyl groups is 1. The molecule has 0 fully saturated rings. The molecule has 0 aliphatic rings. The minimum absolute atomic E-state index is 0.575. The van der Waals surface area contributed by atoms with Crippen LogP contribution in [0.1, 0.15) is 64.5 Å². The number of nitrogens with zero attached hydrogens (tertiary/aromatic N) is 1. The van der Waals surface area contributed by atoms with E-state index in [1.807, 2.05) is 60.7 Å². The molecule has 2 unspecified atom stereocenters. The summed E-state index contributed by atoms with van der Waals surface area (Å²) in [4.78, 5) is 2.59. The van der Waals surface area contributed by atoms with Crippen LogP contribution in [-0.2, 0) is 5.60 Å². The Balaban J connectivity index is 2.18. The van der Waals surface area contributed by atoms with E-state index in [9.17, 15) is 5.11 Å². The molecule has 1 N–H and O–H groups in total. The van der Waals surface area contributed by atoms with Gasteiger partial charge in [0.2, 0.25) is 0 Å². The Kier molecular flexibility index (Phi) is 7.86. The second-order valence-electron chi connectivity index (χ2n) is 7.45. The Morgan fingerprint density at radius 2 is 1.23 bits per heavy atom. The van der Waals surface area contributed by atoms with E-state index < -0.39 is 5.60 Å². The molecule has 2 aromatic carbocycles. The Morgan fingerprint density at radius 3 is 1.62 bits per heavy atom. The summed E-state index contributed by atoms with van der Waals surface area (Å²) in [6.45, 7) is 10.2. The largest absolute Gasteiger partial charge is 0.380 e. The Morgan fingerprint density at radius 1 is 0.808 bits per heavy atom. The van der Waals surface area contributed by atoms with E-state index in [1.165, 1.54) is 0 Å². The first-order valence-electron chi connectivity index (χ1n) is 10.1. The van der Waals surface area contributed by atoms with E-state index in [0.717, 1.165) is 43.4 Å². The summed E-state index contributed by atoms with van der Waals surface area (Å²) in [5, 5.41) is 11.6. The van der Waals surface area contributed by atoms with Gasteiger partial charge in [0, 0.05) is 12.1 Å². The molecule has 2 nitrogen and oxygen atoms in total. The van der Waals surface area contributed by atoms with Crippen molar-refractivity contribution in [1.29, 1.82) is 0 Å². The van der Waals surface area contributed by atoms with E-state index in [0.29, 0.717) is 12.1 Å². The van der Waals surface area contributed by atoms with Gasteiger partial charge in [0.25, 0.3) is 0 Å². The third kappa shape index (κ3) is 4.96. The summed E-state index contributed by atoms with van der Waals surface area (Å²) in [7, 11) is 0. The van der Waals surface area contributed by atoms with Crippen LogP contribution < -0.4 is 0 Å². The van der Waals surface area contributed by atoms with Gasteiger partial charge in [0.15, 0.2) is 0 Å². The van der Waals surface area contributed by atoms with Gasteiger partial charge in [-0.3, -0.25) is 4.90 Å². The molecule has 2 rings (SSSR count). The van der Waals surface area contributed by atoms with Crippen molar-refractivity contribution in [3.8, 4) is 0 Å². The van der Waals surface area contributed by atoms with Crippen molar-refractivity contribution in [2.75, 3.05) is 6.54 Å². The SMILES string of the molecule is CCC(C)N(CCCC(O)(c1ccccc1)c1ccccc1)C(C)CC. The van der Waals surface area contributed by atoms with Crippen LogP contribution in [0.5, 0.6) is 0 Å². The highest BCUT2D eigenvalue weighted by Gasteiger charge is 2.31. The Hall–Kier alpha value is -1.64. The zero-order chi connectivity index (χ0) is 19.0. The summed E-state index contributed by atoms with van der Waals surface area (Å²) in [6, 6.07) is 21.3. The lowest BCUT2D eigenvalue weighted by Crippen LogP contribution is -2.41. The molecule has 0 saturated carbocycles. The number of hydrogen-bond acceptors (Lipinski definition) is 2. The molecule has 0 aliphatic carbocycles. The van der Waals surface area contributed by atoms with Crippen molar-refractivity contribution < 1.29 is 5.11 Å². The maximum atomic E-state index is 11.6.